The van der Waals surface area contributed by atoms with Crippen LogP contribution in [0.25, 0.3) is 0 Å². The van der Waals surface area contributed by atoms with Crippen molar-refractivity contribution in [1.82, 2.24) is 4.90 Å². The topological polar surface area (TPSA) is 12.5 Å². The fourth-order valence-corrected chi connectivity index (χ4v) is 5.40. The van der Waals surface area contributed by atoms with E-state index in [2.05, 4.69) is 117 Å². The van der Waals surface area contributed by atoms with Crippen molar-refractivity contribution in [2.24, 2.45) is 5.92 Å². The van der Waals surface area contributed by atoms with Crippen molar-refractivity contribution < 1.29 is 4.52 Å². The van der Waals surface area contributed by atoms with Gasteiger partial charge in [-0.25, -0.2) is 0 Å². The van der Waals surface area contributed by atoms with Crippen molar-refractivity contribution in [1.29, 1.82) is 0 Å². The van der Waals surface area contributed by atoms with E-state index in [1.165, 1.54) is 16.2 Å². The Labute approximate surface area is 171 Å². The standard InChI is InChI=1S/C25H30NOP/c1-21(20-26(2)3)25(19-22-13-7-4-8-14-22)27-28(23-15-9-5-10-16-23)24-17-11-6-12-18-24/h4-18,21,25H,19-20H2,1-3H3/t21-,25+/m1/s1. The van der Waals surface area contributed by atoms with Gasteiger partial charge in [0.05, 0.1) is 14.3 Å². The van der Waals surface area contributed by atoms with Gasteiger partial charge in [-0.3, -0.25) is 0 Å². The summed E-state index contributed by atoms with van der Waals surface area (Å²) in [6.07, 6.45) is 1.07. The molecule has 0 bridgehead atoms. The first-order chi connectivity index (χ1) is 13.6. The SMILES string of the molecule is C[C@H](CN(C)C)[C@H](Cc1ccccc1)OP(c1ccccc1)c1ccccc1. The number of nitrogens with zero attached hydrogens (tertiary/aromatic N) is 1. The molecule has 3 aromatic rings. The van der Waals surface area contributed by atoms with Crippen LogP contribution in [0.15, 0.2) is 91.0 Å². The van der Waals surface area contributed by atoms with Gasteiger partial charge < -0.3 is 9.42 Å². The van der Waals surface area contributed by atoms with Gasteiger partial charge >= 0.3 is 0 Å². The molecule has 0 amide bonds. The molecule has 0 aliphatic heterocycles. The lowest BCUT2D eigenvalue weighted by Crippen LogP contribution is -2.33. The Morgan fingerprint density at radius 1 is 0.750 bits per heavy atom. The van der Waals surface area contributed by atoms with Crippen LogP contribution in [0, 0.1) is 5.92 Å². The molecule has 0 aliphatic rings. The van der Waals surface area contributed by atoms with E-state index in [-0.39, 0.29) is 6.10 Å². The summed E-state index contributed by atoms with van der Waals surface area (Å²) in [5, 5.41) is 2.53. The summed E-state index contributed by atoms with van der Waals surface area (Å²) in [6.45, 7) is 3.31. The molecule has 0 fully saturated rings. The Morgan fingerprint density at radius 3 is 1.68 bits per heavy atom. The molecule has 146 valence electrons. The summed E-state index contributed by atoms with van der Waals surface area (Å²) in [4.78, 5) is 2.25. The Kier molecular flexibility index (Phi) is 7.80. The summed E-state index contributed by atoms with van der Waals surface area (Å²) in [7, 11) is 3.40. The molecule has 0 N–H and O–H groups in total. The van der Waals surface area contributed by atoms with E-state index in [1.807, 2.05) is 0 Å². The van der Waals surface area contributed by atoms with Crippen LogP contribution in [0.4, 0.5) is 0 Å². The molecule has 28 heavy (non-hydrogen) atoms. The van der Waals surface area contributed by atoms with Crippen LogP contribution in [0.3, 0.4) is 0 Å². The Balaban J connectivity index is 1.90. The molecule has 0 aromatic heterocycles. The molecular formula is C25H30NOP. The van der Waals surface area contributed by atoms with Crippen molar-refractivity contribution in [2.75, 3.05) is 20.6 Å². The van der Waals surface area contributed by atoms with Crippen LogP contribution < -0.4 is 10.6 Å². The maximum absolute atomic E-state index is 6.93. The summed E-state index contributed by atoms with van der Waals surface area (Å²) in [5.74, 6) is 0.424. The van der Waals surface area contributed by atoms with E-state index < -0.39 is 8.15 Å². The van der Waals surface area contributed by atoms with Gasteiger partial charge in [-0.2, -0.15) is 0 Å². The average Bonchev–Trinajstić information content (AvgIpc) is 2.72. The molecule has 0 aliphatic carbocycles. The van der Waals surface area contributed by atoms with E-state index >= 15 is 0 Å². The lowest BCUT2D eigenvalue weighted by atomic mass is 9.97. The molecule has 3 aromatic carbocycles. The van der Waals surface area contributed by atoms with Crippen LogP contribution in [0.5, 0.6) is 0 Å². The molecule has 3 heteroatoms. The maximum Gasteiger partial charge on any atom is 0.0921 e. The first-order valence-electron chi connectivity index (χ1n) is 9.89. The molecule has 3 rings (SSSR count). The van der Waals surface area contributed by atoms with E-state index in [4.69, 9.17) is 4.52 Å². The molecule has 2 atom stereocenters. The zero-order valence-corrected chi connectivity index (χ0v) is 17.9. The van der Waals surface area contributed by atoms with Gasteiger partial charge in [0.25, 0.3) is 0 Å². The van der Waals surface area contributed by atoms with Crippen molar-refractivity contribution in [3.63, 3.8) is 0 Å². The Bertz CT molecular complexity index is 768. The Morgan fingerprint density at radius 2 is 1.21 bits per heavy atom. The van der Waals surface area contributed by atoms with Crippen LogP contribution in [0.2, 0.25) is 0 Å². The van der Waals surface area contributed by atoms with Gasteiger partial charge in [-0.1, -0.05) is 97.9 Å². The maximum atomic E-state index is 6.93. The van der Waals surface area contributed by atoms with Gasteiger partial charge in [-0.15, -0.1) is 0 Å². The van der Waals surface area contributed by atoms with E-state index in [0.29, 0.717) is 5.92 Å². The lowest BCUT2D eigenvalue weighted by molar-refractivity contribution is 0.140. The predicted molar refractivity (Wildman–Crippen MR) is 122 cm³/mol. The third-order valence-corrected chi connectivity index (χ3v) is 6.81. The fourth-order valence-electron chi connectivity index (χ4n) is 3.42. The quantitative estimate of drug-likeness (QED) is 0.483. The minimum Gasteiger partial charge on any atom is -0.346 e. The molecular weight excluding hydrogens is 361 g/mol. The minimum atomic E-state index is -0.862. The van der Waals surface area contributed by atoms with Crippen molar-refractivity contribution in [3.8, 4) is 0 Å². The van der Waals surface area contributed by atoms with Crippen molar-refractivity contribution >= 4 is 18.8 Å². The second kappa shape index (κ2) is 10.5. The van der Waals surface area contributed by atoms with Crippen molar-refractivity contribution in [3.05, 3.63) is 96.6 Å². The molecule has 2 nitrogen and oxygen atoms in total. The smallest absolute Gasteiger partial charge is 0.0921 e. The number of benzene rings is 3. The zero-order chi connectivity index (χ0) is 19.8. The summed E-state index contributed by atoms with van der Waals surface area (Å²) < 4.78 is 6.93. The summed E-state index contributed by atoms with van der Waals surface area (Å²) in [5.41, 5.74) is 1.33. The van der Waals surface area contributed by atoms with E-state index in [9.17, 15) is 0 Å². The Hall–Kier alpha value is -1.99. The van der Waals surface area contributed by atoms with Crippen molar-refractivity contribution in [2.45, 2.75) is 19.4 Å². The third kappa shape index (κ3) is 6.01. The van der Waals surface area contributed by atoms with Gasteiger partial charge in [0.1, 0.15) is 0 Å². The lowest BCUT2D eigenvalue weighted by Gasteiger charge is -2.31. The first kappa shape index (κ1) is 20.7. The molecule has 0 spiro atoms. The highest BCUT2D eigenvalue weighted by Gasteiger charge is 2.25. The van der Waals surface area contributed by atoms with E-state index in [1.54, 1.807) is 0 Å². The average molecular weight is 391 g/mol. The van der Waals surface area contributed by atoms with Crippen LogP contribution >= 0.6 is 8.15 Å². The summed E-state index contributed by atoms with van der Waals surface area (Å²) in [6, 6.07) is 32.0. The zero-order valence-electron chi connectivity index (χ0n) is 17.0. The number of hydrogen-bond acceptors (Lipinski definition) is 2. The van der Waals surface area contributed by atoms with Crippen LogP contribution in [0.1, 0.15) is 12.5 Å². The molecule has 0 heterocycles. The van der Waals surface area contributed by atoms with Gasteiger partial charge in [0.2, 0.25) is 0 Å². The molecule has 0 saturated carbocycles. The summed E-state index contributed by atoms with van der Waals surface area (Å²) >= 11 is 0. The number of hydrogen-bond donors (Lipinski definition) is 0. The number of rotatable bonds is 9. The van der Waals surface area contributed by atoms with Gasteiger partial charge in [0, 0.05) is 17.2 Å². The highest BCUT2D eigenvalue weighted by molar-refractivity contribution is 7.68. The van der Waals surface area contributed by atoms with Gasteiger partial charge in [0.15, 0.2) is 0 Å². The van der Waals surface area contributed by atoms with Gasteiger partial charge in [-0.05, 0) is 32.0 Å². The molecule has 0 unspecified atom stereocenters. The highest BCUT2D eigenvalue weighted by atomic mass is 31.1. The second-order valence-corrected chi connectivity index (χ2v) is 9.37. The fraction of sp³-hybridized carbons (Fsp3) is 0.280. The minimum absolute atomic E-state index is 0.149. The largest absolute Gasteiger partial charge is 0.346 e. The molecule has 0 radical (unpaired) electrons. The van der Waals surface area contributed by atoms with Crippen LogP contribution in [-0.4, -0.2) is 31.6 Å². The van der Waals surface area contributed by atoms with E-state index in [0.717, 1.165) is 13.0 Å². The normalized spacial score (nSPS) is 13.6. The third-order valence-electron chi connectivity index (χ3n) is 4.79. The monoisotopic (exact) mass is 391 g/mol. The second-order valence-electron chi connectivity index (χ2n) is 7.54. The highest BCUT2D eigenvalue weighted by Crippen LogP contribution is 2.38. The first-order valence-corrected chi connectivity index (χ1v) is 11.1. The van der Waals surface area contributed by atoms with Crippen LogP contribution in [-0.2, 0) is 10.9 Å². The molecule has 0 saturated heterocycles. The predicted octanol–water partition coefficient (Wildman–Crippen LogP) is 4.86.